The summed E-state index contributed by atoms with van der Waals surface area (Å²) in [6.07, 6.45) is 1.50. The predicted molar refractivity (Wildman–Crippen MR) is 84.2 cm³/mol. The molecule has 2 aromatic carbocycles. The van der Waals surface area contributed by atoms with Gasteiger partial charge in [-0.2, -0.15) is 0 Å². The third-order valence-electron chi connectivity index (χ3n) is 4.25. The molecule has 0 radical (unpaired) electrons. The molecule has 0 saturated carbocycles. The molecule has 2 atom stereocenters. The lowest BCUT2D eigenvalue weighted by molar-refractivity contribution is -0.906. The summed E-state index contributed by atoms with van der Waals surface area (Å²) in [7, 11) is -2.12. The Bertz CT molecular complexity index is 817. The first-order valence-electron chi connectivity index (χ1n) is 7.43. The van der Waals surface area contributed by atoms with E-state index in [4.69, 9.17) is 4.84 Å². The zero-order valence-corrected chi connectivity index (χ0v) is 13.9. The van der Waals surface area contributed by atoms with Crippen LogP contribution >= 0.6 is 0 Å². The van der Waals surface area contributed by atoms with E-state index < -0.39 is 10.1 Å². The number of fused-ring (bicyclic) bond motifs is 3. The van der Waals surface area contributed by atoms with Gasteiger partial charge in [0.15, 0.2) is 0 Å². The molecule has 0 bridgehead atoms. The van der Waals surface area contributed by atoms with Gasteiger partial charge in [0.2, 0.25) is 0 Å². The molecule has 0 N–H and O–H groups in total. The molecule has 2 unspecified atom stereocenters. The number of quaternary nitrogens is 1. The van der Waals surface area contributed by atoms with Gasteiger partial charge in [0.1, 0.15) is 23.7 Å². The fourth-order valence-electron chi connectivity index (χ4n) is 2.77. The molecule has 6 heteroatoms. The zero-order chi connectivity index (χ0) is 16.7. The lowest BCUT2D eigenvalue weighted by atomic mass is 10.0. The third kappa shape index (κ3) is 3.45. The van der Waals surface area contributed by atoms with Crippen LogP contribution in [0.15, 0.2) is 53.4 Å². The smallest absolute Gasteiger partial charge is 0.300 e. The molecule has 122 valence electrons. The first-order valence-corrected chi connectivity index (χ1v) is 8.84. The van der Waals surface area contributed by atoms with Crippen LogP contribution in [0, 0.1) is 6.92 Å². The predicted octanol–water partition coefficient (Wildman–Crippen LogP) is 2.53. The first-order chi connectivity index (χ1) is 10.8. The Balaban J connectivity index is 0.000000137. The molecule has 2 aromatic rings. The van der Waals surface area contributed by atoms with Gasteiger partial charge in [-0.05, 0) is 30.7 Å². The molecule has 23 heavy (non-hydrogen) atoms. The van der Waals surface area contributed by atoms with Gasteiger partial charge in [0, 0.05) is 12.0 Å². The van der Waals surface area contributed by atoms with E-state index in [1.165, 1.54) is 23.3 Å². The van der Waals surface area contributed by atoms with Gasteiger partial charge in [0.25, 0.3) is 6.23 Å². The minimum absolute atomic E-state index is 0.178. The first kappa shape index (κ1) is 16.1. The van der Waals surface area contributed by atoms with Crippen LogP contribution in [-0.2, 0) is 21.4 Å². The normalized spacial score (nSPS) is 24.7. The SMILES string of the molecule is C[N+]12CCc3ccccc3C1O2.Cc1ccc(S(=O)(=O)[O-])cc1. The van der Waals surface area contributed by atoms with E-state index in [9.17, 15) is 13.0 Å². The van der Waals surface area contributed by atoms with E-state index >= 15 is 0 Å². The van der Waals surface area contributed by atoms with Crippen molar-refractivity contribution in [3.8, 4) is 0 Å². The van der Waals surface area contributed by atoms with Crippen molar-refractivity contribution < 1.29 is 22.5 Å². The number of rotatable bonds is 1. The molecule has 0 aliphatic carbocycles. The van der Waals surface area contributed by atoms with E-state index in [2.05, 4.69) is 31.3 Å². The van der Waals surface area contributed by atoms with Crippen LogP contribution in [0.4, 0.5) is 0 Å². The van der Waals surface area contributed by atoms with Crippen LogP contribution in [-0.4, -0.2) is 31.2 Å². The number of hydrogen-bond donors (Lipinski definition) is 0. The van der Waals surface area contributed by atoms with Crippen molar-refractivity contribution in [2.24, 2.45) is 0 Å². The second-order valence-electron chi connectivity index (χ2n) is 6.07. The van der Waals surface area contributed by atoms with Gasteiger partial charge < -0.3 is 4.55 Å². The highest BCUT2D eigenvalue weighted by atomic mass is 32.2. The Morgan fingerprint density at radius 2 is 1.78 bits per heavy atom. The molecule has 1 saturated heterocycles. The number of nitrogens with zero attached hydrogens (tertiary/aromatic N) is 1. The average molecular weight is 333 g/mol. The molecule has 2 aliphatic rings. The summed E-state index contributed by atoms with van der Waals surface area (Å²) in [4.78, 5) is 5.45. The van der Waals surface area contributed by atoms with Crippen LogP contribution in [0.25, 0.3) is 0 Å². The molecule has 2 heterocycles. The number of aryl methyl sites for hydroxylation is 1. The van der Waals surface area contributed by atoms with E-state index in [1.807, 2.05) is 6.92 Å². The maximum absolute atomic E-state index is 10.4. The Kier molecular flexibility index (Phi) is 4.01. The van der Waals surface area contributed by atoms with Crippen LogP contribution in [0.2, 0.25) is 0 Å². The molecule has 0 amide bonds. The lowest BCUT2D eigenvalue weighted by Gasteiger charge is -2.14. The maximum atomic E-state index is 10.4. The minimum atomic E-state index is -4.27. The standard InChI is InChI=1S/C10H12NO.C7H8O3S/c1-11-7-6-8-4-2-3-5-9(8)10(11)12-11;1-6-2-4-7(5-3-6)11(8,9)10/h2-5,10H,6-7H2,1H3;2-5H,1H3,(H,8,9,10)/q+1;/p-1. The summed E-state index contributed by atoms with van der Waals surface area (Å²) in [6.45, 7) is 2.95. The zero-order valence-electron chi connectivity index (χ0n) is 13.1. The van der Waals surface area contributed by atoms with Crippen molar-refractivity contribution in [1.29, 1.82) is 0 Å². The highest BCUT2D eigenvalue weighted by Crippen LogP contribution is 2.49. The van der Waals surface area contributed by atoms with E-state index in [0.717, 1.165) is 23.2 Å². The van der Waals surface area contributed by atoms with Crippen molar-refractivity contribution >= 4 is 10.1 Å². The van der Waals surface area contributed by atoms with Crippen LogP contribution < -0.4 is 0 Å². The Morgan fingerprint density at radius 1 is 1.13 bits per heavy atom. The monoisotopic (exact) mass is 333 g/mol. The summed E-state index contributed by atoms with van der Waals surface area (Å²) >= 11 is 0. The fourth-order valence-corrected chi connectivity index (χ4v) is 3.24. The number of hydroxylamine groups is 3. The van der Waals surface area contributed by atoms with E-state index in [-0.39, 0.29) is 4.90 Å². The molecular formula is C17H19NO4S. The van der Waals surface area contributed by atoms with Crippen molar-refractivity contribution in [3.05, 3.63) is 65.2 Å². The summed E-state index contributed by atoms with van der Waals surface area (Å²) < 4.78 is 32.0. The number of hydrogen-bond acceptors (Lipinski definition) is 4. The lowest BCUT2D eigenvalue weighted by Crippen LogP contribution is -2.27. The van der Waals surface area contributed by atoms with E-state index in [1.54, 1.807) is 12.1 Å². The topological polar surface area (TPSA) is 69.7 Å². The second-order valence-corrected chi connectivity index (χ2v) is 7.45. The van der Waals surface area contributed by atoms with Gasteiger partial charge in [0.05, 0.1) is 4.90 Å². The van der Waals surface area contributed by atoms with Gasteiger partial charge >= 0.3 is 0 Å². The van der Waals surface area contributed by atoms with Crippen molar-refractivity contribution in [2.45, 2.75) is 24.5 Å². The van der Waals surface area contributed by atoms with Crippen molar-refractivity contribution in [2.75, 3.05) is 13.6 Å². The number of benzene rings is 2. The van der Waals surface area contributed by atoms with Crippen molar-refractivity contribution in [3.63, 3.8) is 0 Å². The van der Waals surface area contributed by atoms with Crippen LogP contribution in [0.5, 0.6) is 0 Å². The Morgan fingerprint density at radius 3 is 2.43 bits per heavy atom. The van der Waals surface area contributed by atoms with Gasteiger partial charge in [-0.15, -0.1) is 9.48 Å². The third-order valence-corrected chi connectivity index (χ3v) is 5.10. The molecule has 4 rings (SSSR count). The van der Waals surface area contributed by atoms with Gasteiger partial charge in [-0.25, -0.2) is 8.42 Å². The molecular weight excluding hydrogens is 314 g/mol. The summed E-state index contributed by atoms with van der Waals surface area (Å²) in [6, 6.07) is 14.4. The quantitative estimate of drug-likeness (QED) is 0.457. The fraction of sp³-hybridized carbons (Fsp3) is 0.294. The molecule has 0 aromatic heterocycles. The molecule has 5 nitrogen and oxygen atoms in total. The second kappa shape index (κ2) is 5.72. The average Bonchev–Trinajstić information content (AvgIpc) is 3.20. The van der Waals surface area contributed by atoms with Gasteiger partial charge in [-0.1, -0.05) is 35.9 Å². The van der Waals surface area contributed by atoms with E-state index in [0.29, 0.717) is 6.23 Å². The Labute approximate surface area is 136 Å². The summed E-state index contributed by atoms with van der Waals surface area (Å²) in [5, 5.41) is 0. The highest BCUT2D eigenvalue weighted by molar-refractivity contribution is 7.85. The largest absolute Gasteiger partial charge is 0.744 e. The van der Waals surface area contributed by atoms with Crippen LogP contribution in [0.3, 0.4) is 0 Å². The summed E-state index contributed by atoms with van der Waals surface area (Å²) in [5.41, 5.74) is 3.79. The maximum Gasteiger partial charge on any atom is 0.300 e. The number of likely N-dealkylation sites (N-methyl/N-ethyl adjacent to an activating group) is 1. The minimum Gasteiger partial charge on any atom is -0.744 e. The molecule has 1 fully saturated rings. The van der Waals surface area contributed by atoms with Gasteiger partial charge in [-0.3, -0.25) is 0 Å². The Hall–Kier alpha value is -1.73. The molecule has 0 spiro atoms. The van der Waals surface area contributed by atoms with Crippen LogP contribution in [0.1, 0.15) is 22.9 Å². The van der Waals surface area contributed by atoms with Crippen molar-refractivity contribution in [1.82, 2.24) is 0 Å². The highest BCUT2D eigenvalue weighted by Gasteiger charge is 2.59. The molecule has 2 aliphatic heterocycles. The summed E-state index contributed by atoms with van der Waals surface area (Å²) in [5.74, 6) is 0.